The fourth-order valence-electron chi connectivity index (χ4n) is 3.17. The minimum atomic E-state index is -0.381. The van der Waals surface area contributed by atoms with E-state index in [0.29, 0.717) is 22.9 Å². The van der Waals surface area contributed by atoms with E-state index in [9.17, 15) is 4.79 Å². The van der Waals surface area contributed by atoms with E-state index in [1.54, 1.807) is 0 Å². The molecule has 0 N–H and O–H groups in total. The third kappa shape index (κ3) is 2.15. The van der Waals surface area contributed by atoms with E-state index >= 15 is 0 Å². The number of hydrogen-bond donors (Lipinski definition) is 0. The lowest BCUT2D eigenvalue weighted by molar-refractivity contribution is -0.117. The van der Waals surface area contributed by atoms with Crippen molar-refractivity contribution in [2.24, 2.45) is 0 Å². The SMILES string of the molecule is O=C1CCC(c2ccccc2Cl)(c2ccccc2Cl)C1. The van der Waals surface area contributed by atoms with Crippen LogP contribution in [0.4, 0.5) is 0 Å². The largest absolute Gasteiger partial charge is 0.300 e. The van der Waals surface area contributed by atoms with E-state index in [1.165, 1.54) is 0 Å². The molecule has 0 unspecified atom stereocenters. The van der Waals surface area contributed by atoms with Crippen molar-refractivity contribution in [3.8, 4) is 0 Å². The van der Waals surface area contributed by atoms with Gasteiger partial charge in [-0.1, -0.05) is 59.6 Å². The Morgan fingerprint density at radius 2 is 1.35 bits per heavy atom. The fraction of sp³-hybridized carbons (Fsp3) is 0.235. The molecule has 1 aliphatic rings. The van der Waals surface area contributed by atoms with E-state index in [1.807, 2.05) is 48.5 Å². The number of halogens is 2. The minimum absolute atomic E-state index is 0.268. The predicted octanol–water partition coefficient (Wildman–Crippen LogP) is 5.03. The summed E-state index contributed by atoms with van der Waals surface area (Å²) in [6.45, 7) is 0. The molecule has 0 saturated heterocycles. The summed E-state index contributed by atoms with van der Waals surface area (Å²) in [5, 5.41) is 1.39. The van der Waals surface area contributed by atoms with Gasteiger partial charge in [0.25, 0.3) is 0 Å². The number of rotatable bonds is 2. The summed E-state index contributed by atoms with van der Waals surface area (Å²) >= 11 is 12.8. The van der Waals surface area contributed by atoms with Crippen LogP contribution in [0.1, 0.15) is 30.4 Å². The normalized spacial score (nSPS) is 17.4. The van der Waals surface area contributed by atoms with Gasteiger partial charge in [-0.2, -0.15) is 0 Å². The van der Waals surface area contributed by atoms with Crippen LogP contribution < -0.4 is 0 Å². The number of carbonyl (C=O) groups excluding carboxylic acids is 1. The molecule has 1 fully saturated rings. The molecular weight excluding hydrogens is 291 g/mol. The minimum Gasteiger partial charge on any atom is -0.300 e. The van der Waals surface area contributed by atoms with Gasteiger partial charge in [0.05, 0.1) is 0 Å². The molecule has 0 radical (unpaired) electrons. The van der Waals surface area contributed by atoms with Crippen LogP contribution in [0.25, 0.3) is 0 Å². The van der Waals surface area contributed by atoms with Gasteiger partial charge < -0.3 is 0 Å². The Balaban J connectivity index is 2.24. The third-order valence-corrected chi connectivity index (χ3v) is 4.77. The van der Waals surface area contributed by atoms with Crippen molar-refractivity contribution in [1.82, 2.24) is 0 Å². The maximum atomic E-state index is 11.9. The lowest BCUT2D eigenvalue weighted by atomic mass is 9.73. The molecule has 2 aromatic carbocycles. The number of hydrogen-bond acceptors (Lipinski definition) is 1. The highest BCUT2D eigenvalue weighted by Crippen LogP contribution is 2.49. The Morgan fingerprint density at radius 3 is 1.75 bits per heavy atom. The molecule has 102 valence electrons. The topological polar surface area (TPSA) is 17.1 Å². The van der Waals surface area contributed by atoms with E-state index in [-0.39, 0.29) is 11.2 Å². The highest BCUT2D eigenvalue weighted by atomic mass is 35.5. The van der Waals surface area contributed by atoms with Crippen LogP contribution in [0.15, 0.2) is 48.5 Å². The summed E-state index contributed by atoms with van der Waals surface area (Å²) in [7, 11) is 0. The summed E-state index contributed by atoms with van der Waals surface area (Å²) in [5.41, 5.74) is 1.62. The van der Waals surface area contributed by atoms with Crippen LogP contribution in [0.2, 0.25) is 10.0 Å². The lowest BCUT2D eigenvalue weighted by Gasteiger charge is -2.31. The van der Waals surface area contributed by atoms with Crippen molar-refractivity contribution in [2.45, 2.75) is 24.7 Å². The van der Waals surface area contributed by atoms with Gasteiger partial charge in [0, 0.05) is 28.3 Å². The van der Waals surface area contributed by atoms with Crippen molar-refractivity contribution in [2.75, 3.05) is 0 Å². The van der Waals surface area contributed by atoms with Crippen molar-refractivity contribution in [1.29, 1.82) is 0 Å². The van der Waals surface area contributed by atoms with Gasteiger partial charge in [0.15, 0.2) is 0 Å². The molecule has 0 amide bonds. The average molecular weight is 305 g/mol. The molecule has 0 aliphatic heterocycles. The van der Waals surface area contributed by atoms with Gasteiger partial charge in [-0.15, -0.1) is 0 Å². The van der Waals surface area contributed by atoms with Gasteiger partial charge in [-0.05, 0) is 29.7 Å². The monoisotopic (exact) mass is 304 g/mol. The Bertz CT molecular complexity index is 618. The first kappa shape index (κ1) is 13.7. The summed E-state index contributed by atoms with van der Waals surface area (Å²) in [5.74, 6) is 0.268. The highest BCUT2D eigenvalue weighted by Gasteiger charge is 2.43. The van der Waals surface area contributed by atoms with E-state index < -0.39 is 0 Å². The summed E-state index contributed by atoms with van der Waals surface area (Å²) in [4.78, 5) is 11.9. The molecule has 0 spiro atoms. The second-order valence-corrected chi connectivity index (χ2v) is 6.07. The fourth-order valence-corrected chi connectivity index (χ4v) is 3.80. The van der Waals surface area contributed by atoms with Gasteiger partial charge in [-0.25, -0.2) is 0 Å². The van der Waals surface area contributed by atoms with Gasteiger partial charge in [-0.3, -0.25) is 4.79 Å². The molecule has 20 heavy (non-hydrogen) atoms. The average Bonchev–Trinajstić information content (AvgIpc) is 2.83. The van der Waals surface area contributed by atoms with E-state index in [2.05, 4.69) is 0 Å². The predicted molar refractivity (Wildman–Crippen MR) is 82.5 cm³/mol. The summed E-state index contributed by atoms with van der Waals surface area (Å²) in [6, 6.07) is 15.5. The smallest absolute Gasteiger partial charge is 0.134 e. The van der Waals surface area contributed by atoms with Crippen LogP contribution in [0, 0.1) is 0 Å². The first-order valence-corrected chi connectivity index (χ1v) is 7.41. The number of benzene rings is 2. The Morgan fingerprint density at radius 1 is 0.850 bits per heavy atom. The zero-order valence-corrected chi connectivity index (χ0v) is 12.4. The second-order valence-electron chi connectivity index (χ2n) is 5.26. The van der Waals surface area contributed by atoms with E-state index in [4.69, 9.17) is 23.2 Å². The molecule has 1 aliphatic carbocycles. The molecule has 3 heteroatoms. The van der Waals surface area contributed by atoms with Gasteiger partial charge in [0.2, 0.25) is 0 Å². The third-order valence-electron chi connectivity index (χ3n) is 4.11. The highest BCUT2D eigenvalue weighted by molar-refractivity contribution is 6.32. The maximum absolute atomic E-state index is 11.9. The molecule has 3 rings (SSSR count). The Labute approximate surface area is 128 Å². The molecular formula is C17H14Cl2O. The van der Waals surface area contributed by atoms with Crippen LogP contribution in [-0.2, 0) is 10.2 Å². The first-order chi connectivity index (χ1) is 9.63. The van der Waals surface area contributed by atoms with Crippen LogP contribution in [-0.4, -0.2) is 5.78 Å². The molecule has 2 aromatic rings. The zero-order valence-electron chi connectivity index (χ0n) is 10.9. The molecule has 0 aromatic heterocycles. The number of carbonyl (C=O) groups is 1. The molecule has 0 heterocycles. The molecule has 1 saturated carbocycles. The zero-order chi connectivity index (χ0) is 14.2. The van der Waals surface area contributed by atoms with Crippen molar-refractivity contribution in [3.05, 3.63) is 69.7 Å². The van der Waals surface area contributed by atoms with E-state index in [0.717, 1.165) is 17.5 Å². The number of Topliss-reactive ketones (excluding diaryl/α,β-unsaturated/α-hetero) is 1. The Kier molecular flexibility index (Phi) is 3.57. The quantitative estimate of drug-likeness (QED) is 0.760. The molecule has 1 nitrogen and oxygen atoms in total. The lowest BCUT2D eigenvalue weighted by Crippen LogP contribution is -2.25. The maximum Gasteiger partial charge on any atom is 0.134 e. The van der Waals surface area contributed by atoms with Crippen LogP contribution in [0.3, 0.4) is 0 Å². The van der Waals surface area contributed by atoms with Gasteiger partial charge in [0.1, 0.15) is 5.78 Å². The van der Waals surface area contributed by atoms with Crippen molar-refractivity contribution in [3.63, 3.8) is 0 Å². The molecule has 0 bridgehead atoms. The summed E-state index contributed by atoms with van der Waals surface area (Å²) in [6.07, 6.45) is 1.82. The standard InChI is InChI=1S/C17H14Cl2O/c18-15-7-3-1-5-13(15)17(10-9-12(20)11-17)14-6-2-4-8-16(14)19/h1-8H,9-11H2. The van der Waals surface area contributed by atoms with Crippen molar-refractivity contribution < 1.29 is 4.79 Å². The van der Waals surface area contributed by atoms with Crippen molar-refractivity contribution >= 4 is 29.0 Å². The van der Waals surface area contributed by atoms with Crippen LogP contribution in [0.5, 0.6) is 0 Å². The Hall–Kier alpha value is -1.31. The second kappa shape index (κ2) is 5.23. The first-order valence-electron chi connectivity index (χ1n) is 6.65. The number of ketones is 1. The van der Waals surface area contributed by atoms with Gasteiger partial charge >= 0.3 is 0 Å². The van der Waals surface area contributed by atoms with Crippen LogP contribution >= 0.6 is 23.2 Å². The summed E-state index contributed by atoms with van der Waals surface area (Å²) < 4.78 is 0. The molecule has 0 atom stereocenters.